The predicted octanol–water partition coefficient (Wildman–Crippen LogP) is 1.50. The second-order valence-electron chi connectivity index (χ2n) is 10.4. The van der Waals surface area contributed by atoms with Crippen LogP contribution in [0.25, 0.3) is 10.8 Å². The third kappa shape index (κ3) is 9.78. The number of amides is 2. The van der Waals surface area contributed by atoms with E-state index in [9.17, 15) is 28.1 Å². The molecule has 4 rings (SSSR count). The quantitative estimate of drug-likeness (QED) is 0.0417. The van der Waals surface area contributed by atoms with E-state index < -0.39 is 34.5 Å². The SMILES string of the molecule is NC(N)=NCCCC(NC(=O)C1(C(=O)NCc2ccc3ccccc3c2)CCCC1)B(O)O.O=S(=O)(O)c1ccccc1. The van der Waals surface area contributed by atoms with Crippen molar-refractivity contribution < 1.29 is 32.6 Å². The van der Waals surface area contributed by atoms with Crippen molar-refractivity contribution in [3.63, 3.8) is 0 Å². The maximum Gasteiger partial charge on any atom is 0.475 e. The average molecular weight is 612 g/mol. The van der Waals surface area contributed by atoms with Gasteiger partial charge in [0.25, 0.3) is 10.1 Å². The van der Waals surface area contributed by atoms with E-state index in [4.69, 9.17) is 16.0 Å². The van der Waals surface area contributed by atoms with E-state index in [1.165, 1.54) is 12.1 Å². The molecule has 14 heteroatoms. The minimum atomic E-state index is -4.00. The Balaban J connectivity index is 0.000000428. The van der Waals surface area contributed by atoms with Crippen LogP contribution in [0.4, 0.5) is 0 Å². The summed E-state index contributed by atoms with van der Waals surface area (Å²) < 4.78 is 29.2. The third-order valence-electron chi connectivity index (χ3n) is 7.28. The molecule has 43 heavy (non-hydrogen) atoms. The van der Waals surface area contributed by atoms with Crippen LogP contribution in [0.5, 0.6) is 0 Å². The first-order valence-electron chi connectivity index (χ1n) is 13.9. The van der Waals surface area contributed by atoms with Gasteiger partial charge in [-0.2, -0.15) is 8.42 Å². The van der Waals surface area contributed by atoms with Crippen LogP contribution in [-0.2, 0) is 26.3 Å². The van der Waals surface area contributed by atoms with Gasteiger partial charge in [0.2, 0.25) is 11.8 Å². The second-order valence-corrected chi connectivity index (χ2v) is 11.8. The Bertz CT molecular complexity index is 1510. The lowest BCUT2D eigenvalue weighted by atomic mass is 9.75. The lowest BCUT2D eigenvalue weighted by Crippen LogP contribution is -2.55. The van der Waals surface area contributed by atoms with E-state index in [1.54, 1.807) is 18.2 Å². The fraction of sp³-hybridized carbons (Fsp3) is 0.345. The number of carbonyl (C=O) groups is 2. The highest BCUT2D eigenvalue weighted by atomic mass is 32.2. The number of hydrogen-bond donors (Lipinski definition) is 7. The van der Waals surface area contributed by atoms with Gasteiger partial charge < -0.3 is 32.1 Å². The van der Waals surface area contributed by atoms with Crippen molar-refractivity contribution in [1.29, 1.82) is 0 Å². The van der Waals surface area contributed by atoms with E-state index in [-0.39, 0.29) is 23.2 Å². The Morgan fingerprint density at radius 2 is 1.56 bits per heavy atom. The molecule has 230 valence electrons. The molecule has 1 unspecified atom stereocenters. The molecular weight excluding hydrogens is 573 g/mol. The molecule has 3 aromatic rings. The van der Waals surface area contributed by atoms with Gasteiger partial charge in [-0.05, 0) is 60.2 Å². The van der Waals surface area contributed by atoms with E-state index in [0.717, 1.165) is 29.2 Å². The molecule has 0 aliphatic heterocycles. The lowest BCUT2D eigenvalue weighted by Gasteiger charge is -2.29. The minimum Gasteiger partial charge on any atom is -0.426 e. The zero-order valence-electron chi connectivity index (χ0n) is 23.7. The Morgan fingerprint density at radius 1 is 0.930 bits per heavy atom. The topological polar surface area (TPSA) is 217 Å². The van der Waals surface area contributed by atoms with Gasteiger partial charge in [0.15, 0.2) is 5.96 Å². The van der Waals surface area contributed by atoms with Crippen LogP contribution in [0.2, 0.25) is 0 Å². The zero-order chi connectivity index (χ0) is 31.5. The van der Waals surface area contributed by atoms with Crippen molar-refractivity contribution in [1.82, 2.24) is 10.6 Å². The summed E-state index contributed by atoms with van der Waals surface area (Å²) in [6.07, 6.45) is 3.06. The highest BCUT2D eigenvalue weighted by Crippen LogP contribution is 2.39. The number of fused-ring (bicyclic) bond motifs is 1. The van der Waals surface area contributed by atoms with Gasteiger partial charge in [0, 0.05) is 13.1 Å². The van der Waals surface area contributed by atoms with Gasteiger partial charge in [-0.15, -0.1) is 0 Å². The van der Waals surface area contributed by atoms with Gasteiger partial charge in [0.1, 0.15) is 5.41 Å². The molecule has 0 aromatic heterocycles. The van der Waals surface area contributed by atoms with Gasteiger partial charge in [-0.25, -0.2) is 0 Å². The lowest BCUT2D eigenvalue weighted by molar-refractivity contribution is -0.143. The highest BCUT2D eigenvalue weighted by Gasteiger charge is 2.48. The molecule has 3 aromatic carbocycles. The predicted molar refractivity (Wildman–Crippen MR) is 165 cm³/mol. The Labute approximate surface area is 251 Å². The fourth-order valence-corrected chi connectivity index (χ4v) is 5.45. The van der Waals surface area contributed by atoms with Crippen molar-refractivity contribution >= 4 is 45.8 Å². The summed E-state index contributed by atoms with van der Waals surface area (Å²) >= 11 is 0. The maximum absolute atomic E-state index is 13.2. The number of nitrogens with two attached hydrogens (primary N) is 2. The summed E-state index contributed by atoms with van der Waals surface area (Å²) in [5.41, 5.74) is 10.3. The number of carbonyl (C=O) groups excluding carboxylic acids is 2. The largest absolute Gasteiger partial charge is 0.475 e. The van der Waals surface area contributed by atoms with Crippen LogP contribution in [0, 0.1) is 5.41 Å². The molecule has 0 spiro atoms. The number of nitrogens with zero attached hydrogens (tertiary/aromatic N) is 1. The molecule has 1 aliphatic carbocycles. The fourth-order valence-electron chi connectivity index (χ4n) is 4.95. The second kappa shape index (κ2) is 15.5. The van der Waals surface area contributed by atoms with Gasteiger partial charge in [-0.1, -0.05) is 67.4 Å². The summed E-state index contributed by atoms with van der Waals surface area (Å²) in [6, 6.07) is 21.4. The summed E-state index contributed by atoms with van der Waals surface area (Å²) in [5, 5.41) is 27.3. The van der Waals surface area contributed by atoms with Crippen molar-refractivity contribution in [2.45, 2.75) is 55.9 Å². The molecule has 2 amide bonds. The first-order chi connectivity index (χ1) is 20.4. The van der Waals surface area contributed by atoms with Crippen molar-refractivity contribution in [3.05, 3.63) is 78.4 Å². The minimum absolute atomic E-state index is 0.0480. The number of guanidine groups is 1. The van der Waals surface area contributed by atoms with Crippen LogP contribution in [0.15, 0.2) is 82.7 Å². The first kappa shape index (κ1) is 33.5. The molecule has 1 aliphatic rings. The van der Waals surface area contributed by atoms with Gasteiger partial charge in [0.05, 0.1) is 10.8 Å². The number of nitrogens with one attached hydrogen (secondary N) is 2. The molecule has 0 bridgehead atoms. The van der Waals surface area contributed by atoms with Crippen LogP contribution in [0.3, 0.4) is 0 Å². The monoisotopic (exact) mass is 611 g/mol. The number of aliphatic imine (C=N–C) groups is 1. The third-order valence-corrected chi connectivity index (χ3v) is 8.15. The van der Waals surface area contributed by atoms with Gasteiger partial charge in [-0.3, -0.25) is 19.1 Å². The van der Waals surface area contributed by atoms with Crippen LogP contribution in [-0.4, -0.2) is 60.4 Å². The summed E-state index contributed by atoms with van der Waals surface area (Å²) in [6.45, 7) is 0.613. The van der Waals surface area contributed by atoms with E-state index in [1.807, 2.05) is 42.5 Å². The van der Waals surface area contributed by atoms with Crippen LogP contribution in [0.1, 0.15) is 44.1 Å². The molecular formula is C29H38BN5O7S. The van der Waals surface area contributed by atoms with E-state index in [2.05, 4.69) is 15.6 Å². The van der Waals surface area contributed by atoms with Gasteiger partial charge >= 0.3 is 7.12 Å². The molecule has 1 saturated carbocycles. The highest BCUT2D eigenvalue weighted by molar-refractivity contribution is 7.85. The molecule has 0 heterocycles. The molecule has 1 atom stereocenters. The van der Waals surface area contributed by atoms with Crippen molar-refractivity contribution in [2.24, 2.45) is 21.9 Å². The molecule has 1 fully saturated rings. The zero-order valence-corrected chi connectivity index (χ0v) is 24.5. The average Bonchev–Trinajstić information content (AvgIpc) is 3.49. The molecule has 0 saturated heterocycles. The summed E-state index contributed by atoms with van der Waals surface area (Å²) in [7, 11) is -5.76. The normalized spacial score (nSPS) is 14.6. The number of benzene rings is 3. The number of rotatable bonds is 11. The Kier molecular flexibility index (Phi) is 12.1. The Morgan fingerprint density at radius 3 is 2.14 bits per heavy atom. The summed E-state index contributed by atoms with van der Waals surface area (Å²) in [4.78, 5) is 30.2. The van der Waals surface area contributed by atoms with E-state index >= 15 is 0 Å². The van der Waals surface area contributed by atoms with Crippen molar-refractivity contribution in [3.8, 4) is 0 Å². The van der Waals surface area contributed by atoms with Crippen LogP contribution >= 0.6 is 0 Å². The van der Waals surface area contributed by atoms with Crippen molar-refractivity contribution in [2.75, 3.05) is 6.54 Å². The molecule has 9 N–H and O–H groups in total. The number of hydrogen-bond acceptors (Lipinski definition) is 7. The molecule has 0 radical (unpaired) electrons. The Hall–Kier alpha value is -3.98. The molecule has 12 nitrogen and oxygen atoms in total. The smallest absolute Gasteiger partial charge is 0.426 e. The van der Waals surface area contributed by atoms with E-state index in [0.29, 0.717) is 32.4 Å². The standard InChI is InChI=1S/C23H32BN5O4.C6H6O3S/c25-22(26)27-13-5-8-19(24(32)33)29-21(31)23(11-3-4-12-23)20(30)28-15-16-9-10-17-6-1-2-7-18(17)14-16;7-10(8,9)6-4-2-1-3-5-6/h1-2,6-7,9-10,14,19,32-33H,3-5,8,11-13,15H2,(H,28,30)(H,29,31)(H4,25,26,27);1-5H,(H,7,8,9). The summed E-state index contributed by atoms with van der Waals surface area (Å²) in [5.74, 6) is -1.78. The first-order valence-corrected chi connectivity index (χ1v) is 15.4. The maximum atomic E-state index is 13.2. The van der Waals surface area contributed by atoms with Crippen LogP contribution < -0.4 is 22.1 Å².